The Balaban J connectivity index is 2.23. The molecule has 1 aliphatic heterocycles. The zero-order valence-corrected chi connectivity index (χ0v) is 12.9. The van der Waals surface area contributed by atoms with Gasteiger partial charge in [0.05, 0.1) is 21.3 Å². The number of likely N-dealkylation sites (tertiary alicyclic amines) is 1. The molecular formula is C16H19NO5. The van der Waals surface area contributed by atoms with Gasteiger partial charge in [-0.2, -0.15) is 0 Å². The summed E-state index contributed by atoms with van der Waals surface area (Å²) in [5.41, 5.74) is 0.717. The molecule has 118 valence electrons. The molecule has 0 atom stereocenters. The van der Waals surface area contributed by atoms with Gasteiger partial charge in [-0.1, -0.05) is 0 Å². The van der Waals surface area contributed by atoms with E-state index in [2.05, 4.69) is 0 Å². The molecular weight excluding hydrogens is 286 g/mol. The van der Waals surface area contributed by atoms with Crippen LogP contribution in [0.1, 0.15) is 18.4 Å². The van der Waals surface area contributed by atoms with Crippen LogP contribution in [-0.2, 0) is 9.59 Å². The van der Waals surface area contributed by atoms with Gasteiger partial charge in [0.15, 0.2) is 11.5 Å². The van der Waals surface area contributed by atoms with Crippen molar-refractivity contribution >= 4 is 17.9 Å². The number of amides is 2. The van der Waals surface area contributed by atoms with Crippen molar-refractivity contribution in [3.05, 3.63) is 23.8 Å². The van der Waals surface area contributed by atoms with Crippen LogP contribution in [0.15, 0.2) is 18.2 Å². The summed E-state index contributed by atoms with van der Waals surface area (Å²) < 4.78 is 15.7. The number of benzene rings is 1. The van der Waals surface area contributed by atoms with E-state index in [1.54, 1.807) is 18.2 Å². The Hall–Kier alpha value is -2.50. The lowest BCUT2D eigenvalue weighted by molar-refractivity contribution is -0.138. The lowest BCUT2D eigenvalue weighted by atomic mass is 10.1. The van der Waals surface area contributed by atoms with Gasteiger partial charge in [-0.25, -0.2) is 0 Å². The van der Waals surface area contributed by atoms with Gasteiger partial charge in [0, 0.05) is 19.0 Å². The van der Waals surface area contributed by atoms with Crippen LogP contribution < -0.4 is 14.2 Å². The van der Waals surface area contributed by atoms with Crippen LogP contribution in [-0.4, -0.2) is 44.6 Å². The van der Waals surface area contributed by atoms with Gasteiger partial charge in [-0.15, -0.1) is 0 Å². The summed E-state index contributed by atoms with van der Waals surface area (Å²) in [7, 11) is 4.58. The van der Waals surface area contributed by atoms with Crippen LogP contribution in [0.5, 0.6) is 17.2 Å². The molecule has 2 amide bonds. The maximum absolute atomic E-state index is 12.0. The Morgan fingerprint density at radius 1 is 1.14 bits per heavy atom. The molecule has 2 rings (SSSR count). The standard InChI is InChI=1S/C16H19NO5/c1-20-12-9-11(10-13(21-2)16(12)22-3)6-7-15(19)17-8-4-5-14(17)18/h6-7,9-10H,4-5,8H2,1-3H3/b7-6-. The number of hydrogen-bond donors (Lipinski definition) is 0. The van der Waals surface area contributed by atoms with Crippen LogP contribution in [0.2, 0.25) is 0 Å². The van der Waals surface area contributed by atoms with Gasteiger partial charge in [-0.3, -0.25) is 14.5 Å². The molecule has 6 nitrogen and oxygen atoms in total. The first kappa shape index (κ1) is 15.9. The second-order valence-corrected chi connectivity index (χ2v) is 4.78. The SMILES string of the molecule is COc1cc(/C=C\C(=O)N2CCCC2=O)cc(OC)c1OC. The Kier molecular flexibility index (Phi) is 5.04. The average Bonchev–Trinajstić information content (AvgIpc) is 2.97. The van der Waals surface area contributed by atoms with E-state index >= 15 is 0 Å². The van der Waals surface area contributed by atoms with Crippen molar-refractivity contribution in [1.82, 2.24) is 4.90 Å². The number of hydrogen-bond acceptors (Lipinski definition) is 5. The Bertz CT molecular complexity index is 584. The summed E-state index contributed by atoms with van der Waals surface area (Å²) in [4.78, 5) is 24.8. The number of carbonyl (C=O) groups excluding carboxylic acids is 2. The lowest BCUT2D eigenvalue weighted by Gasteiger charge is -2.13. The second-order valence-electron chi connectivity index (χ2n) is 4.78. The summed E-state index contributed by atoms with van der Waals surface area (Å²) in [6.07, 6.45) is 4.16. The minimum Gasteiger partial charge on any atom is -0.493 e. The molecule has 0 saturated carbocycles. The van der Waals surface area contributed by atoms with E-state index in [0.717, 1.165) is 12.0 Å². The second kappa shape index (κ2) is 6.98. The molecule has 6 heteroatoms. The van der Waals surface area contributed by atoms with Crippen LogP contribution in [0.25, 0.3) is 6.08 Å². The largest absolute Gasteiger partial charge is 0.493 e. The third-order valence-electron chi connectivity index (χ3n) is 3.44. The van der Waals surface area contributed by atoms with Crippen molar-refractivity contribution in [2.75, 3.05) is 27.9 Å². The normalized spacial score (nSPS) is 14.5. The summed E-state index contributed by atoms with van der Waals surface area (Å²) in [6.45, 7) is 0.483. The van der Waals surface area contributed by atoms with Crippen LogP contribution in [0.3, 0.4) is 0 Å². The van der Waals surface area contributed by atoms with Crippen LogP contribution in [0.4, 0.5) is 0 Å². The maximum Gasteiger partial charge on any atom is 0.253 e. The first-order valence-electron chi connectivity index (χ1n) is 6.93. The number of rotatable bonds is 5. The van der Waals surface area contributed by atoms with Crippen molar-refractivity contribution in [1.29, 1.82) is 0 Å². The van der Waals surface area contributed by atoms with Gasteiger partial charge in [0.25, 0.3) is 5.91 Å². The molecule has 1 aromatic rings. The highest BCUT2D eigenvalue weighted by Crippen LogP contribution is 2.38. The number of ether oxygens (including phenoxy) is 3. The number of methoxy groups -OCH3 is 3. The molecule has 0 unspecified atom stereocenters. The average molecular weight is 305 g/mol. The van der Waals surface area contributed by atoms with Crippen LogP contribution >= 0.6 is 0 Å². The van der Waals surface area contributed by atoms with Crippen LogP contribution in [0, 0.1) is 0 Å². The lowest BCUT2D eigenvalue weighted by Crippen LogP contribution is -2.30. The van der Waals surface area contributed by atoms with Crippen molar-refractivity contribution in [3.63, 3.8) is 0 Å². The molecule has 22 heavy (non-hydrogen) atoms. The molecule has 0 bridgehead atoms. The number of nitrogens with zero attached hydrogens (tertiary/aromatic N) is 1. The summed E-state index contributed by atoms with van der Waals surface area (Å²) in [5, 5.41) is 0. The molecule has 1 fully saturated rings. The van der Waals surface area contributed by atoms with E-state index < -0.39 is 0 Å². The maximum atomic E-state index is 12.0. The molecule has 0 radical (unpaired) electrons. The molecule has 0 aromatic heterocycles. The monoisotopic (exact) mass is 305 g/mol. The third-order valence-corrected chi connectivity index (χ3v) is 3.44. The molecule has 0 spiro atoms. The van der Waals surface area contributed by atoms with Crippen molar-refractivity contribution in [3.8, 4) is 17.2 Å². The van der Waals surface area contributed by atoms with E-state index in [1.165, 1.54) is 32.3 Å². The first-order chi connectivity index (χ1) is 10.6. The predicted octanol–water partition coefficient (Wildman–Crippen LogP) is 1.87. The smallest absolute Gasteiger partial charge is 0.253 e. The first-order valence-corrected chi connectivity index (χ1v) is 6.93. The highest BCUT2D eigenvalue weighted by molar-refractivity contribution is 6.03. The van der Waals surface area contributed by atoms with E-state index in [4.69, 9.17) is 14.2 Å². The number of carbonyl (C=O) groups is 2. The van der Waals surface area contributed by atoms with Crippen molar-refractivity contribution in [2.45, 2.75) is 12.8 Å². The van der Waals surface area contributed by atoms with Crippen molar-refractivity contribution in [2.24, 2.45) is 0 Å². The zero-order valence-electron chi connectivity index (χ0n) is 12.9. The quantitative estimate of drug-likeness (QED) is 0.777. The minimum atomic E-state index is -0.309. The van der Waals surface area contributed by atoms with E-state index in [-0.39, 0.29) is 11.8 Å². The molecule has 1 aliphatic rings. The highest BCUT2D eigenvalue weighted by Gasteiger charge is 2.24. The topological polar surface area (TPSA) is 65.1 Å². The molecule has 1 heterocycles. The summed E-state index contributed by atoms with van der Waals surface area (Å²) in [6, 6.07) is 3.47. The van der Waals surface area contributed by atoms with E-state index in [9.17, 15) is 9.59 Å². The molecule has 1 saturated heterocycles. The molecule has 0 aliphatic carbocycles. The molecule has 1 aromatic carbocycles. The van der Waals surface area contributed by atoms with Gasteiger partial charge in [0.2, 0.25) is 11.7 Å². The van der Waals surface area contributed by atoms with Gasteiger partial charge < -0.3 is 14.2 Å². The number of imide groups is 1. The predicted molar refractivity (Wildman–Crippen MR) is 81.1 cm³/mol. The third kappa shape index (κ3) is 3.21. The Morgan fingerprint density at radius 2 is 1.77 bits per heavy atom. The zero-order chi connectivity index (χ0) is 16.1. The highest BCUT2D eigenvalue weighted by atomic mass is 16.5. The summed E-state index contributed by atoms with van der Waals surface area (Å²) in [5.74, 6) is 1.07. The summed E-state index contributed by atoms with van der Waals surface area (Å²) >= 11 is 0. The Labute approximate surface area is 129 Å². The van der Waals surface area contributed by atoms with E-state index in [1.807, 2.05) is 0 Å². The minimum absolute atomic E-state index is 0.125. The van der Waals surface area contributed by atoms with Gasteiger partial charge in [0.1, 0.15) is 0 Å². The fourth-order valence-corrected chi connectivity index (χ4v) is 2.34. The fraction of sp³-hybridized carbons (Fsp3) is 0.375. The van der Waals surface area contributed by atoms with E-state index in [0.29, 0.717) is 30.2 Å². The molecule has 0 N–H and O–H groups in total. The fourth-order valence-electron chi connectivity index (χ4n) is 2.34. The van der Waals surface area contributed by atoms with Gasteiger partial charge >= 0.3 is 0 Å². The van der Waals surface area contributed by atoms with Crippen molar-refractivity contribution < 1.29 is 23.8 Å². The Morgan fingerprint density at radius 3 is 2.23 bits per heavy atom. The van der Waals surface area contributed by atoms with Gasteiger partial charge in [-0.05, 0) is 30.2 Å².